The third-order valence-electron chi connectivity index (χ3n) is 2.83. The quantitative estimate of drug-likeness (QED) is 0.861. The highest BCUT2D eigenvalue weighted by molar-refractivity contribution is 7.07. The van der Waals surface area contributed by atoms with Crippen molar-refractivity contribution in [1.29, 1.82) is 5.26 Å². The van der Waals surface area contributed by atoms with Gasteiger partial charge in [-0.05, 0) is 18.2 Å². The molecule has 2 rings (SSSR count). The molecule has 1 aromatic carbocycles. The van der Waals surface area contributed by atoms with Crippen molar-refractivity contribution in [1.82, 2.24) is 4.98 Å². The van der Waals surface area contributed by atoms with Crippen LogP contribution in [-0.4, -0.2) is 17.4 Å². The van der Waals surface area contributed by atoms with Crippen molar-refractivity contribution in [3.63, 3.8) is 0 Å². The fourth-order valence-electron chi connectivity index (χ4n) is 1.82. The van der Waals surface area contributed by atoms with Crippen LogP contribution in [0.1, 0.15) is 22.5 Å². The Kier molecular flexibility index (Phi) is 4.78. The van der Waals surface area contributed by atoms with Crippen molar-refractivity contribution in [2.45, 2.75) is 12.6 Å². The molecule has 2 aromatic rings. The van der Waals surface area contributed by atoms with E-state index in [-0.39, 0.29) is 24.3 Å². The Hall–Kier alpha value is -2.40. The molecule has 22 heavy (non-hydrogen) atoms. The van der Waals surface area contributed by atoms with Gasteiger partial charge < -0.3 is 4.90 Å². The summed E-state index contributed by atoms with van der Waals surface area (Å²) in [7, 11) is 0. The van der Waals surface area contributed by atoms with Crippen LogP contribution in [0.4, 0.5) is 18.9 Å². The van der Waals surface area contributed by atoms with Gasteiger partial charge in [-0.3, -0.25) is 4.79 Å². The summed E-state index contributed by atoms with van der Waals surface area (Å²) in [5, 5.41) is 10.2. The Morgan fingerprint density at radius 2 is 2.18 bits per heavy atom. The average Bonchev–Trinajstić information content (AvgIpc) is 3.01. The number of rotatable bonds is 4. The van der Waals surface area contributed by atoms with E-state index in [4.69, 9.17) is 5.26 Å². The zero-order valence-electron chi connectivity index (χ0n) is 11.2. The highest BCUT2D eigenvalue weighted by Crippen LogP contribution is 2.32. The van der Waals surface area contributed by atoms with Gasteiger partial charge >= 0.3 is 6.18 Å². The van der Waals surface area contributed by atoms with Crippen LogP contribution in [0.2, 0.25) is 0 Å². The molecule has 0 radical (unpaired) electrons. The van der Waals surface area contributed by atoms with Crippen molar-refractivity contribution in [3.05, 3.63) is 46.4 Å². The smallest absolute Gasteiger partial charge is 0.306 e. The van der Waals surface area contributed by atoms with E-state index in [1.165, 1.54) is 34.4 Å². The molecule has 0 aliphatic heterocycles. The molecular weight excluding hydrogens is 315 g/mol. The fraction of sp³-hybridized carbons (Fsp3) is 0.214. The maximum Gasteiger partial charge on any atom is 0.416 e. The van der Waals surface area contributed by atoms with Gasteiger partial charge in [0.15, 0.2) is 0 Å². The number of benzene rings is 1. The number of carbonyl (C=O) groups is 1. The molecule has 0 spiro atoms. The second-order valence-electron chi connectivity index (χ2n) is 4.29. The van der Waals surface area contributed by atoms with Gasteiger partial charge in [0.2, 0.25) is 0 Å². The normalized spacial score (nSPS) is 11.0. The van der Waals surface area contributed by atoms with Crippen LogP contribution in [0, 0.1) is 11.3 Å². The topological polar surface area (TPSA) is 57.0 Å². The number of nitriles is 1. The van der Waals surface area contributed by atoms with Gasteiger partial charge in [0.1, 0.15) is 5.69 Å². The van der Waals surface area contributed by atoms with Crippen LogP contribution in [0.15, 0.2) is 35.2 Å². The first kappa shape index (κ1) is 16.0. The lowest BCUT2D eigenvalue weighted by molar-refractivity contribution is -0.137. The molecule has 0 aliphatic carbocycles. The van der Waals surface area contributed by atoms with E-state index in [2.05, 4.69) is 4.98 Å². The van der Waals surface area contributed by atoms with Gasteiger partial charge in [-0.2, -0.15) is 18.4 Å². The molecule has 4 nitrogen and oxygen atoms in total. The number of nitrogens with zero attached hydrogens (tertiary/aromatic N) is 3. The summed E-state index contributed by atoms with van der Waals surface area (Å²) >= 11 is 1.21. The van der Waals surface area contributed by atoms with Crippen molar-refractivity contribution in [2.75, 3.05) is 11.4 Å². The van der Waals surface area contributed by atoms with Gasteiger partial charge in [0.05, 0.1) is 23.6 Å². The molecule has 0 aliphatic rings. The van der Waals surface area contributed by atoms with E-state index in [0.29, 0.717) is 0 Å². The lowest BCUT2D eigenvalue weighted by Crippen LogP contribution is -2.32. The first-order chi connectivity index (χ1) is 10.4. The summed E-state index contributed by atoms with van der Waals surface area (Å²) < 4.78 is 38.4. The molecule has 0 unspecified atom stereocenters. The first-order valence-corrected chi connectivity index (χ1v) is 7.12. The molecule has 114 valence electrons. The largest absolute Gasteiger partial charge is 0.416 e. The van der Waals surface area contributed by atoms with Crippen LogP contribution >= 0.6 is 11.3 Å². The number of hydrogen-bond donors (Lipinski definition) is 0. The Labute approximate surface area is 128 Å². The second-order valence-corrected chi connectivity index (χ2v) is 5.01. The number of halogens is 3. The third-order valence-corrected chi connectivity index (χ3v) is 3.42. The zero-order valence-corrected chi connectivity index (χ0v) is 12.0. The predicted octanol–water partition coefficient (Wildman–Crippen LogP) is 3.72. The molecule has 1 heterocycles. The molecule has 8 heteroatoms. The van der Waals surface area contributed by atoms with Crippen molar-refractivity contribution in [2.24, 2.45) is 0 Å². The highest BCUT2D eigenvalue weighted by atomic mass is 32.1. The van der Waals surface area contributed by atoms with Crippen LogP contribution in [-0.2, 0) is 6.18 Å². The second kappa shape index (κ2) is 6.58. The van der Waals surface area contributed by atoms with E-state index in [1.54, 1.807) is 0 Å². The number of carbonyl (C=O) groups excluding carboxylic acids is 1. The highest BCUT2D eigenvalue weighted by Gasteiger charge is 2.31. The van der Waals surface area contributed by atoms with Crippen LogP contribution < -0.4 is 4.90 Å². The molecule has 1 amide bonds. The first-order valence-electron chi connectivity index (χ1n) is 6.17. The van der Waals surface area contributed by atoms with Crippen molar-refractivity contribution in [3.8, 4) is 6.07 Å². The summed E-state index contributed by atoms with van der Waals surface area (Å²) in [5.41, 5.74) is 0.837. The fourth-order valence-corrected chi connectivity index (χ4v) is 2.34. The summed E-state index contributed by atoms with van der Waals surface area (Å²) in [4.78, 5) is 17.3. The molecule has 0 saturated heterocycles. The van der Waals surface area contributed by atoms with Gasteiger partial charge in [0.25, 0.3) is 5.91 Å². The number of aromatic nitrogens is 1. The number of thiazole rings is 1. The van der Waals surface area contributed by atoms with E-state index in [1.807, 2.05) is 6.07 Å². The minimum atomic E-state index is -4.50. The SMILES string of the molecule is N#CCCN(C(=O)c1cscn1)c1cccc(C(F)(F)F)c1. The monoisotopic (exact) mass is 325 g/mol. The lowest BCUT2D eigenvalue weighted by atomic mass is 10.1. The Bertz CT molecular complexity index is 692. The summed E-state index contributed by atoms with van der Waals surface area (Å²) in [6, 6.07) is 6.33. The summed E-state index contributed by atoms with van der Waals surface area (Å²) in [5.74, 6) is -0.532. The Balaban J connectivity index is 2.38. The van der Waals surface area contributed by atoms with E-state index in [0.717, 1.165) is 17.0 Å². The van der Waals surface area contributed by atoms with Gasteiger partial charge in [-0.15, -0.1) is 11.3 Å². The van der Waals surface area contributed by atoms with Crippen LogP contribution in [0.3, 0.4) is 0 Å². The lowest BCUT2D eigenvalue weighted by Gasteiger charge is -2.22. The molecule has 0 N–H and O–H groups in total. The molecular formula is C14H10F3N3OS. The van der Waals surface area contributed by atoms with Crippen molar-refractivity contribution < 1.29 is 18.0 Å². The Morgan fingerprint density at radius 1 is 1.41 bits per heavy atom. The van der Waals surface area contributed by atoms with Crippen LogP contribution in [0.5, 0.6) is 0 Å². The number of alkyl halides is 3. The van der Waals surface area contributed by atoms with Crippen molar-refractivity contribution >= 4 is 22.9 Å². The average molecular weight is 325 g/mol. The van der Waals surface area contributed by atoms with E-state index < -0.39 is 17.6 Å². The minimum Gasteiger partial charge on any atom is -0.306 e. The maximum absolute atomic E-state index is 12.8. The van der Waals surface area contributed by atoms with E-state index in [9.17, 15) is 18.0 Å². The summed E-state index contributed by atoms with van der Waals surface area (Å²) in [6.45, 7) is -0.00578. The number of hydrogen-bond acceptors (Lipinski definition) is 4. The molecule has 0 fully saturated rings. The van der Waals surface area contributed by atoms with Crippen LogP contribution in [0.25, 0.3) is 0 Å². The Morgan fingerprint density at radius 3 is 2.77 bits per heavy atom. The van der Waals surface area contributed by atoms with Gasteiger partial charge in [-0.25, -0.2) is 4.98 Å². The predicted molar refractivity (Wildman–Crippen MR) is 75.5 cm³/mol. The number of anilines is 1. The number of amides is 1. The summed E-state index contributed by atoms with van der Waals surface area (Å²) in [6.07, 6.45) is -4.49. The van der Waals surface area contributed by atoms with Gasteiger partial charge in [-0.1, -0.05) is 6.07 Å². The molecule has 0 atom stereocenters. The minimum absolute atomic E-state index is 0.00578. The maximum atomic E-state index is 12.8. The molecule has 0 bridgehead atoms. The molecule has 1 aromatic heterocycles. The standard InChI is InChI=1S/C14H10F3N3OS/c15-14(16,17)10-3-1-4-11(7-10)20(6-2-5-18)13(21)12-8-22-9-19-12/h1,3-4,7-9H,2,6H2. The van der Waals surface area contributed by atoms with Gasteiger partial charge in [0, 0.05) is 17.6 Å². The zero-order chi connectivity index (χ0) is 16.2. The molecule has 0 saturated carbocycles. The van der Waals surface area contributed by atoms with E-state index >= 15 is 0 Å². The third kappa shape index (κ3) is 3.62.